The van der Waals surface area contributed by atoms with E-state index in [0.717, 1.165) is 72.7 Å². The first-order valence-corrected chi connectivity index (χ1v) is 14.7. The van der Waals surface area contributed by atoms with Crippen molar-refractivity contribution < 1.29 is 14.3 Å². The van der Waals surface area contributed by atoms with Crippen LogP contribution in [-0.4, -0.2) is 45.7 Å². The maximum Gasteiger partial charge on any atom is 0.290 e. The molecule has 2 N–H and O–H groups in total. The fourth-order valence-electron chi connectivity index (χ4n) is 4.95. The molecule has 2 aliphatic rings. The zero-order valence-corrected chi connectivity index (χ0v) is 23.7. The number of piperidine rings is 1. The largest absolute Gasteiger partial charge is 0.457 e. The number of anilines is 1. The number of pyridine rings is 1. The third-order valence-electron chi connectivity index (χ3n) is 7.16. The van der Waals surface area contributed by atoms with Gasteiger partial charge in [-0.15, -0.1) is 0 Å². The predicted octanol–water partition coefficient (Wildman–Crippen LogP) is 5.66. The van der Waals surface area contributed by atoms with Crippen molar-refractivity contribution in [3.05, 3.63) is 101 Å². The van der Waals surface area contributed by atoms with Crippen molar-refractivity contribution in [2.45, 2.75) is 19.4 Å². The Hall–Kier alpha value is -4.54. The van der Waals surface area contributed by atoms with Crippen LogP contribution in [0.1, 0.15) is 24.2 Å². The van der Waals surface area contributed by atoms with Crippen LogP contribution >= 0.6 is 11.8 Å². The molecule has 0 aliphatic carbocycles. The Kier molecular flexibility index (Phi) is 8.53. The lowest BCUT2D eigenvalue weighted by atomic mass is 9.97. The SMILES string of the molecule is O=C1NC(=O)/C(=C/c2ccnc(N3CCC(CNCc4cccc(-c5ccc(Oc6ccccc6)cc5)n4)CC3)n2)S1. The van der Waals surface area contributed by atoms with E-state index in [1.807, 2.05) is 66.7 Å². The van der Waals surface area contributed by atoms with Crippen LogP contribution in [0.15, 0.2) is 90.0 Å². The van der Waals surface area contributed by atoms with Crippen LogP contribution in [0.3, 0.4) is 0 Å². The number of nitrogens with zero attached hydrogens (tertiary/aromatic N) is 4. The van der Waals surface area contributed by atoms with Crippen molar-refractivity contribution in [3.63, 3.8) is 0 Å². The van der Waals surface area contributed by atoms with Crippen molar-refractivity contribution in [1.29, 1.82) is 0 Å². The van der Waals surface area contributed by atoms with Gasteiger partial charge in [0, 0.05) is 31.4 Å². The highest BCUT2D eigenvalue weighted by molar-refractivity contribution is 8.18. The molecule has 0 saturated carbocycles. The molecule has 2 aliphatic heterocycles. The van der Waals surface area contributed by atoms with E-state index in [2.05, 4.69) is 31.6 Å². The maximum atomic E-state index is 11.8. The number of carbonyl (C=O) groups excluding carboxylic acids is 2. The number of ether oxygens (including phenoxy) is 1. The first-order valence-electron chi connectivity index (χ1n) is 13.9. The third-order valence-corrected chi connectivity index (χ3v) is 7.97. The molecule has 4 aromatic rings. The Balaban J connectivity index is 0.976. The number of carbonyl (C=O) groups is 2. The van der Waals surface area contributed by atoms with Crippen LogP contribution in [0, 0.1) is 5.92 Å². The third kappa shape index (κ3) is 7.02. The van der Waals surface area contributed by atoms with E-state index in [1.54, 1.807) is 18.3 Å². The number of hydrogen-bond donors (Lipinski definition) is 2. The molecular weight excluding hydrogens is 548 g/mol. The Morgan fingerprint density at radius 1 is 0.929 bits per heavy atom. The number of amides is 2. The number of nitrogens with one attached hydrogen (secondary N) is 2. The van der Waals surface area contributed by atoms with Crippen molar-refractivity contribution >= 4 is 34.9 Å². The number of rotatable bonds is 9. The molecule has 0 atom stereocenters. The molecule has 0 spiro atoms. The van der Waals surface area contributed by atoms with Gasteiger partial charge in [0.2, 0.25) is 5.95 Å². The maximum absolute atomic E-state index is 11.8. The van der Waals surface area contributed by atoms with Crippen LogP contribution in [0.2, 0.25) is 0 Å². The highest BCUT2D eigenvalue weighted by Crippen LogP contribution is 2.27. The normalized spacial score (nSPS) is 16.6. The number of para-hydroxylation sites is 1. The molecule has 2 fully saturated rings. The van der Waals surface area contributed by atoms with Crippen LogP contribution < -0.4 is 20.3 Å². The second-order valence-electron chi connectivity index (χ2n) is 10.1. The van der Waals surface area contributed by atoms with E-state index in [4.69, 9.17) is 9.72 Å². The highest BCUT2D eigenvalue weighted by Gasteiger charge is 2.25. The van der Waals surface area contributed by atoms with Gasteiger partial charge in [0.05, 0.1) is 22.0 Å². The van der Waals surface area contributed by atoms with Gasteiger partial charge in [0.1, 0.15) is 11.5 Å². The van der Waals surface area contributed by atoms with Gasteiger partial charge in [-0.1, -0.05) is 24.3 Å². The van der Waals surface area contributed by atoms with Crippen molar-refractivity contribution in [1.82, 2.24) is 25.6 Å². The average Bonchev–Trinajstić information content (AvgIpc) is 3.34. The number of benzene rings is 2. The van der Waals surface area contributed by atoms with E-state index >= 15 is 0 Å². The van der Waals surface area contributed by atoms with Gasteiger partial charge in [0.25, 0.3) is 11.1 Å². The highest BCUT2D eigenvalue weighted by atomic mass is 32.2. The summed E-state index contributed by atoms with van der Waals surface area (Å²) in [5, 5.41) is 5.49. The Labute approximate surface area is 248 Å². The predicted molar refractivity (Wildman–Crippen MR) is 164 cm³/mol. The van der Waals surface area contributed by atoms with Crippen molar-refractivity contribution in [3.8, 4) is 22.8 Å². The molecule has 2 amide bonds. The van der Waals surface area contributed by atoms with E-state index in [1.165, 1.54) is 0 Å². The number of thioether (sulfide) groups is 1. The van der Waals surface area contributed by atoms with Crippen LogP contribution in [-0.2, 0) is 11.3 Å². The van der Waals surface area contributed by atoms with Crippen LogP contribution in [0.25, 0.3) is 17.3 Å². The second-order valence-corrected chi connectivity index (χ2v) is 11.2. The number of aromatic nitrogens is 3. The minimum atomic E-state index is -0.385. The molecule has 2 saturated heterocycles. The van der Waals surface area contributed by atoms with E-state index in [-0.39, 0.29) is 11.1 Å². The van der Waals surface area contributed by atoms with Crippen molar-refractivity contribution in [2.24, 2.45) is 5.92 Å². The van der Waals surface area contributed by atoms with Crippen LogP contribution in [0.5, 0.6) is 11.5 Å². The topological polar surface area (TPSA) is 109 Å². The number of imide groups is 1. The number of hydrogen-bond acceptors (Lipinski definition) is 9. The smallest absolute Gasteiger partial charge is 0.290 e. The van der Waals surface area contributed by atoms with E-state index < -0.39 is 0 Å². The molecule has 9 nitrogen and oxygen atoms in total. The van der Waals surface area contributed by atoms with Gasteiger partial charge in [-0.3, -0.25) is 19.9 Å². The van der Waals surface area contributed by atoms with Crippen molar-refractivity contribution in [2.75, 3.05) is 24.5 Å². The van der Waals surface area contributed by atoms with Gasteiger partial charge in [-0.05, 0) is 97.7 Å². The Bertz CT molecular complexity index is 1590. The molecule has 42 heavy (non-hydrogen) atoms. The molecule has 0 unspecified atom stereocenters. The summed E-state index contributed by atoms with van der Waals surface area (Å²) in [6.07, 6.45) is 5.37. The van der Waals surface area contributed by atoms with Crippen LogP contribution in [0.4, 0.5) is 10.7 Å². The quantitative estimate of drug-likeness (QED) is 0.243. The molecular formula is C32H30N6O3S. The van der Waals surface area contributed by atoms with Gasteiger partial charge < -0.3 is 15.0 Å². The minimum Gasteiger partial charge on any atom is -0.457 e. The zero-order valence-electron chi connectivity index (χ0n) is 22.9. The van der Waals surface area contributed by atoms with Gasteiger partial charge in [-0.25, -0.2) is 9.97 Å². The lowest BCUT2D eigenvalue weighted by Gasteiger charge is -2.32. The molecule has 4 heterocycles. The van der Waals surface area contributed by atoms with Gasteiger partial charge >= 0.3 is 0 Å². The average molecular weight is 579 g/mol. The molecule has 2 aromatic carbocycles. The summed E-state index contributed by atoms with van der Waals surface area (Å²) in [7, 11) is 0. The zero-order chi connectivity index (χ0) is 28.7. The molecule has 212 valence electrons. The lowest BCUT2D eigenvalue weighted by molar-refractivity contribution is -0.115. The summed E-state index contributed by atoms with van der Waals surface area (Å²) < 4.78 is 5.90. The Morgan fingerprint density at radius 2 is 1.71 bits per heavy atom. The fraction of sp³-hybridized carbons (Fsp3) is 0.219. The molecule has 6 rings (SSSR count). The second kappa shape index (κ2) is 13.0. The summed E-state index contributed by atoms with van der Waals surface area (Å²) in [6, 6.07) is 25.6. The van der Waals surface area contributed by atoms with Gasteiger partial charge in [-0.2, -0.15) is 0 Å². The van der Waals surface area contributed by atoms with E-state index in [0.29, 0.717) is 29.0 Å². The summed E-state index contributed by atoms with van der Waals surface area (Å²) in [6.45, 7) is 3.34. The standard InChI is InChI=1S/C32H30N6O3S/c39-30-29(42-32(40)37-30)19-24-13-16-34-31(36-24)38-17-14-22(15-18-38)20-33-21-25-5-4-8-28(35-25)23-9-11-27(12-10-23)41-26-6-2-1-3-7-26/h1-13,16,19,22,33H,14-15,17-18,20-21H2,(H,37,39,40)/b29-19-. The van der Waals surface area contributed by atoms with Gasteiger partial charge in [0.15, 0.2) is 0 Å². The van der Waals surface area contributed by atoms with E-state index in [9.17, 15) is 9.59 Å². The fourth-order valence-corrected chi connectivity index (χ4v) is 5.62. The summed E-state index contributed by atoms with van der Waals surface area (Å²) in [4.78, 5) is 39.7. The summed E-state index contributed by atoms with van der Waals surface area (Å²) in [5.41, 5.74) is 3.60. The first kappa shape index (κ1) is 27.6. The summed E-state index contributed by atoms with van der Waals surface area (Å²) in [5.74, 6) is 2.42. The molecule has 0 bridgehead atoms. The molecule has 0 radical (unpaired) electrons. The summed E-state index contributed by atoms with van der Waals surface area (Å²) >= 11 is 0.888. The lowest BCUT2D eigenvalue weighted by Crippen LogP contribution is -2.38. The first-order chi connectivity index (χ1) is 20.6. The molecule has 2 aromatic heterocycles. The monoisotopic (exact) mass is 578 g/mol. The Morgan fingerprint density at radius 3 is 2.48 bits per heavy atom. The minimum absolute atomic E-state index is 0.348. The molecule has 10 heteroatoms.